The molecule has 0 aromatic heterocycles. The van der Waals surface area contributed by atoms with E-state index in [9.17, 15) is 5.11 Å². The van der Waals surface area contributed by atoms with Crippen LogP contribution in [-0.4, -0.2) is 0 Å². The molecule has 0 bridgehead atoms. The van der Waals surface area contributed by atoms with E-state index in [1.807, 2.05) is 12.2 Å². The summed E-state index contributed by atoms with van der Waals surface area (Å²) in [5.74, 6) is 0. The Morgan fingerprint density at radius 1 is 0.944 bits per heavy atom. The summed E-state index contributed by atoms with van der Waals surface area (Å²) < 4.78 is 0. The smallest absolute Gasteiger partial charge is 0.877 e. The maximum atomic E-state index is 9.87. The van der Waals surface area contributed by atoms with Crippen LogP contribution in [0, 0.1) is 34.6 Å². The van der Waals surface area contributed by atoms with Crippen LogP contribution in [0.1, 0.15) is 27.8 Å². The monoisotopic (exact) mass is 284 g/mol. The van der Waals surface area contributed by atoms with Crippen LogP contribution < -0.4 is 5.11 Å². The van der Waals surface area contributed by atoms with Crippen LogP contribution in [0.25, 0.3) is 0 Å². The van der Waals surface area contributed by atoms with E-state index in [0.29, 0.717) is 0 Å². The molecule has 1 aromatic rings. The van der Waals surface area contributed by atoms with Crippen molar-refractivity contribution < 1.29 is 22.2 Å². The molecule has 2 rings (SSSR count). The van der Waals surface area contributed by atoms with E-state index in [-0.39, 0.29) is 17.1 Å². The van der Waals surface area contributed by atoms with Gasteiger partial charge in [0.1, 0.15) is 0 Å². The molecule has 0 amide bonds. The topological polar surface area (TPSA) is 23.1 Å². The van der Waals surface area contributed by atoms with Gasteiger partial charge >= 0.3 is 17.1 Å². The molecule has 0 N–H and O–H groups in total. The van der Waals surface area contributed by atoms with Gasteiger partial charge in [0.05, 0.1) is 0 Å². The van der Waals surface area contributed by atoms with Crippen molar-refractivity contribution in [3.8, 4) is 0 Å². The Balaban J connectivity index is 0.000000321. The van der Waals surface area contributed by atoms with E-state index in [1.165, 1.54) is 27.8 Å². The normalized spacial score (nSPS) is 11.9. The third-order valence-electron chi connectivity index (χ3n) is 3.64. The first-order valence-electron chi connectivity index (χ1n) is 5.85. The predicted molar refractivity (Wildman–Crippen MR) is 72.1 cm³/mol. The summed E-state index contributed by atoms with van der Waals surface area (Å²) in [4.78, 5) is 0. The van der Waals surface area contributed by atoms with E-state index >= 15 is 0 Å². The molecule has 0 spiro atoms. The van der Waals surface area contributed by atoms with E-state index in [1.54, 1.807) is 12.2 Å². The zero-order valence-electron chi connectivity index (χ0n) is 11.6. The van der Waals surface area contributed by atoms with Crippen LogP contribution in [0.15, 0.2) is 36.1 Å². The molecule has 2 heteroatoms. The van der Waals surface area contributed by atoms with Crippen LogP contribution in [0.4, 0.5) is 0 Å². The summed E-state index contributed by atoms with van der Waals surface area (Å²) in [6.45, 7) is 11.0. The number of hydrogen-bond donors (Lipinski definition) is 0. The van der Waals surface area contributed by atoms with Gasteiger partial charge in [0.2, 0.25) is 0 Å². The van der Waals surface area contributed by atoms with Gasteiger partial charge in [0.25, 0.3) is 0 Å². The maximum absolute atomic E-state index is 9.87. The fourth-order valence-electron chi connectivity index (χ4n) is 1.87. The SMILES string of the molecule is Cc1c(C)c(C)[c-](C)c1C.[Fe+2].[O-]C=C1C=CC=C1. The number of allylic oxidation sites excluding steroid dienone is 5. The van der Waals surface area contributed by atoms with Gasteiger partial charge in [-0.1, -0.05) is 58.9 Å². The standard InChI is InChI=1S/C10H15.C6H6O.Fe/c1-6-7(2)9(4)10(5)8(6)3;7-5-6-3-1-2-4-6;/h1-5H3;1-5,7H;/q-1;;+2/p-1. The summed E-state index contributed by atoms with van der Waals surface area (Å²) in [5.41, 5.74) is 8.09. The van der Waals surface area contributed by atoms with Gasteiger partial charge < -0.3 is 5.11 Å². The molecule has 0 saturated heterocycles. The van der Waals surface area contributed by atoms with Gasteiger partial charge in [-0.2, -0.15) is 27.8 Å². The van der Waals surface area contributed by atoms with Gasteiger partial charge in [-0.05, 0) is 5.57 Å². The minimum Gasteiger partial charge on any atom is -0.877 e. The largest absolute Gasteiger partial charge is 2.00 e. The summed E-state index contributed by atoms with van der Waals surface area (Å²) >= 11 is 0. The Morgan fingerprint density at radius 2 is 1.33 bits per heavy atom. The minimum atomic E-state index is 0. The maximum Gasteiger partial charge on any atom is 2.00 e. The molecule has 1 aliphatic rings. The molecule has 1 nitrogen and oxygen atoms in total. The van der Waals surface area contributed by atoms with Crippen molar-refractivity contribution in [3.05, 3.63) is 64.0 Å². The molecule has 0 aliphatic heterocycles. The van der Waals surface area contributed by atoms with Crippen molar-refractivity contribution in [1.29, 1.82) is 0 Å². The molecule has 0 saturated carbocycles. The Kier molecular flexibility index (Phi) is 6.90. The van der Waals surface area contributed by atoms with E-state index in [4.69, 9.17) is 0 Å². The molecule has 1 aliphatic carbocycles. The van der Waals surface area contributed by atoms with Gasteiger partial charge in [0, 0.05) is 0 Å². The van der Waals surface area contributed by atoms with E-state index in [0.717, 1.165) is 11.8 Å². The first-order valence-corrected chi connectivity index (χ1v) is 5.85. The number of hydrogen-bond acceptors (Lipinski definition) is 1. The molecule has 0 radical (unpaired) electrons. The summed E-state index contributed by atoms with van der Waals surface area (Å²) in [6.07, 6.45) is 8.05. The summed E-state index contributed by atoms with van der Waals surface area (Å²) in [5, 5.41) is 9.87. The first kappa shape index (κ1) is 16.9. The Morgan fingerprint density at radius 3 is 1.50 bits per heavy atom. The van der Waals surface area contributed by atoms with E-state index < -0.39 is 0 Å². The molecule has 0 unspecified atom stereocenters. The Bertz CT molecular complexity index is 393. The van der Waals surface area contributed by atoms with Crippen LogP contribution in [-0.2, 0) is 17.1 Å². The second kappa shape index (κ2) is 7.35. The van der Waals surface area contributed by atoms with Gasteiger partial charge in [-0.3, -0.25) is 0 Å². The minimum absolute atomic E-state index is 0. The van der Waals surface area contributed by atoms with Crippen molar-refractivity contribution in [2.75, 3.05) is 0 Å². The molecule has 98 valence electrons. The Labute approximate surface area is 121 Å². The third kappa shape index (κ3) is 3.69. The van der Waals surface area contributed by atoms with Gasteiger partial charge in [-0.25, -0.2) is 0 Å². The van der Waals surface area contributed by atoms with Crippen LogP contribution in [0.2, 0.25) is 0 Å². The first-order chi connectivity index (χ1) is 7.99. The zero-order chi connectivity index (χ0) is 13.0. The van der Waals surface area contributed by atoms with Crippen molar-refractivity contribution >= 4 is 0 Å². The molecule has 18 heavy (non-hydrogen) atoms. The zero-order valence-corrected chi connectivity index (χ0v) is 12.8. The molecular weight excluding hydrogens is 264 g/mol. The van der Waals surface area contributed by atoms with Gasteiger partial charge in [0.15, 0.2) is 0 Å². The van der Waals surface area contributed by atoms with Crippen molar-refractivity contribution in [3.63, 3.8) is 0 Å². The second-order valence-electron chi connectivity index (χ2n) is 4.46. The fourth-order valence-corrected chi connectivity index (χ4v) is 1.87. The molecule has 1 aromatic carbocycles. The van der Waals surface area contributed by atoms with Crippen molar-refractivity contribution in [2.24, 2.45) is 0 Å². The van der Waals surface area contributed by atoms with Crippen molar-refractivity contribution in [1.82, 2.24) is 0 Å². The van der Waals surface area contributed by atoms with Gasteiger partial charge in [-0.15, -0.1) is 6.26 Å². The molecule has 0 heterocycles. The van der Waals surface area contributed by atoms with Crippen LogP contribution in [0.3, 0.4) is 0 Å². The average Bonchev–Trinajstić information content (AvgIpc) is 2.92. The van der Waals surface area contributed by atoms with E-state index in [2.05, 4.69) is 34.6 Å². The Hall–Kier alpha value is -1.11. The number of rotatable bonds is 0. The fraction of sp³-hybridized carbons (Fsp3) is 0.312. The molecule has 0 atom stereocenters. The molecular formula is C16H20FeO. The van der Waals surface area contributed by atoms with Crippen LogP contribution in [0.5, 0.6) is 0 Å². The van der Waals surface area contributed by atoms with Crippen molar-refractivity contribution in [2.45, 2.75) is 34.6 Å². The second-order valence-corrected chi connectivity index (χ2v) is 4.46. The predicted octanol–water partition coefficient (Wildman–Crippen LogP) is 3.30. The summed E-state index contributed by atoms with van der Waals surface area (Å²) in [6, 6.07) is 0. The molecule has 0 fully saturated rings. The summed E-state index contributed by atoms with van der Waals surface area (Å²) in [7, 11) is 0. The average molecular weight is 284 g/mol. The quantitative estimate of drug-likeness (QED) is 0.407. The van der Waals surface area contributed by atoms with Crippen LogP contribution >= 0.6 is 0 Å². The third-order valence-corrected chi connectivity index (χ3v) is 3.64.